The number of hydrogen-bond acceptors (Lipinski definition) is 18. The first-order valence-electron chi connectivity index (χ1n) is 29.4. The number of anilines is 1. The monoisotopic (exact) mass is 1230 g/mol. The molecule has 19 nitrogen and oxygen atoms in total. The molecule has 474 valence electrons. The van der Waals surface area contributed by atoms with E-state index in [4.69, 9.17) is 33.0 Å². The summed E-state index contributed by atoms with van der Waals surface area (Å²) in [5.74, 6) is -6.18. The fraction of sp³-hybridized carbons (Fsp3) is 0.587. The van der Waals surface area contributed by atoms with Crippen molar-refractivity contribution in [1.82, 2.24) is 19.7 Å². The quantitative estimate of drug-likeness (QED) is 0.0456. The lowest BCUT2D eigenvalue weighted by Crippen LogP contribution is -2.81. The number of alkyl halides is 3. The zero-order chi connectivity index (χ0) is 63.5. The number of likely N-dealkylation sites (N-methyl/N-ethyl adjacent to an activating group) is 2. The van der Waals surface area contributed by atoms with Gasteiger partial charge in [-0.2, -0.15) is 21.6 Å². The second-order valence-electron chi connectivity index (χ2n) is 23.2. The van der Waals surface area contributed by atoms with E-state index >= 15 is 4.79 Å². The largest absolute Gasteiger partial charge is 0.496 e. The molecule has 3 aromatic carbocycles. The highest BCUT2D eigenvalue weighted by Gasteiger charge is 2.80. The number of benzene rings is 3. The van der Waals surface area contributed by atoms with Crippen LogP contribution in [0.3, 0.4) is 0 Å². The third-order valence-corrected chi connectivity index (χ3v) is 20.1. The molecule has 4 aromatic rings. The molecule has 1 aliphatic carbocycles. The minimum Gasteiger partial charge on any atom is -0.496 e. The summed E-state index contributed by atoms with van der Waals surface area (Å²) in [6.07, 6.45) is -3.18. The summed E-state index contributed by atoms with van der Waals surface area (Å²) in [6.45, 7) is 16.8. The van der Waals surface area contributed by atoms with Crippen molar-refractivity contribution in [1.29, 1.82) is 0 Å². The molecule has 1 aromatic heterocycles. The number of fused-ring (bicyclic) bond motifs is 4. The number of nitrogens with one attached hydrogen (secondary N) is 1. The van der Waals surface area contributed by atoms with E-state index in [0.717, 1.165) is 19.8 Å². The minimum absolute atomic E-state index is 0.114. The lowest BCUT2D eigenvalue weighted by atomic mass is 9.47. The van der Waals surface area contributed by atoms with Crippen LogP contribution in [0, 0.1) is 18.3 Å². The Morgan fingerprint density at radius 1 is 0.849 bits per heavy atom. The van der Waals surface area contributed by atoms with Crippen molar-refractivity contribution >= 4 is 50.6 Å². The Kier molecular flexibility index (Phi) is 20.6. The number of ether oxygens (including phenoxy) is 5. The Hall–Kier alpha value is -6.08. The topological polar surface area (TPSA) is 227 Å². The van der Waals surface area contributed by atoms with Gasteiger partial charge in [-0.3, -0.25) is 18.7 Å². The normalized spacial score (nSPS) is 28.1. The first kappa shape index (κ1) is 67.4. The van der Waals surface area contributed by atoms with Crippen LogP contribution in [0.15, 0.2) is 77.7 Å². The van der Waals surface area contributed by atoms with Gasteiger partial charge in [0.15, 0.2) is 6.10 Å². The average Bonchev–Trinajstić information content (AvgIpc) is 1.43. The van der Waals surface area contributed by atoms with Gasteiger partial charge in [0.05, 0.1) is 38.9 Å². The summed E-state index contributed by atoms with van der Waals surface area (Å²) in [5.41, 5.74) is -5.29. The molecule has 4 aliphatic heterocycles. The number of aryl methyl sites for hydroxylation is 1. The first-order chi connectivity index (χ1) is 40.7. The number of aromatic amines is 1. The zero-order valence-corrected chi connectivity index (χ0v) is 52.6. The van der Waals surface area contributed by atoms with Crippen LogP contribution in [-0.4, -0.2) is 193 Å². The highest BCUT2D eigenvalue weighted by atomic mass is 32.2. The van der Waals surface area contributed by atoms with Gasteiger partial charge in [0.25, 0.3) is 10.1 Å². The number of halogens is 3. The van der Waals surface area contributed by atoms with Gasteiger partial charge in [0, 0.05) is 91.5 Å². The predicted molar refractivity (Wildman–Crippen MR) is 317 cm³/mol. The smallest absolute Gasteiger partial charge is 0.490 e. The van der Waals surface area contributed by atoms with Gasteiger partial charge in [0.1, 0.15) is 16.8 Å². The van der Waals surface area contributed by atoms with Crippen molar-refractivity contribution in [2.45, 2.75) is 138 Å². The summed E-state index contributed by atoms with van der Waals surface area (Å²) >= 11 is 0. The number of hydrogen-bond donors (Lipinski definition) is 3. The molecule has 1 saturated carbocycles. The van der Waals surface area contributed by atoms with Crippen molar-refractivity contribution < 1.29 is 78.8 Å². The molecule has 2 fully saturated rings. The van der Waals surface area contributed by atoms with Crippen LogP contribution in [0.2, 0.25) is 0 Å². The van der Waals surface area contributed by atoms with Crippen LogP contribution in [0.1, 0.15) is 102 Å². The molecule has 5 heterocycles. The van der Waals surface area contributed by atoms with Gasteiger partial charge in [0.2, 0.25) is 5.60 Å². The van der Waals surface area contributed by atoms with E-state index in [1.807, 2.05) is 49.4 Å². The van der Waals surface area contributed by atoms with Gasteiger partial charge >= 0.3 is 30.1 Å². The highest BCUT2D eigenvalue weighted by molar-refractivity contribution is 7.86. The van der Waals surface area contributed by atoms with Crippen LogP contribution in [0.25, 0.3) is 10.9 Å². The lowest BCUT2D eigenvalue weighted by Gasteiger charge is -2.63. The highest BCUT2D eigenvalue weighted by Crippen LogP contribution is 2.68. The van der Waals surface area contributed by atoms with E-state index < -0.39 is 111 Å². The summed E-state index contributed by atoms with van der Waals surface area (Å²) in [5, 5.41) is 21.2. The maximum Gasteiger partial charge on any atom is 0.490 e. The van der Waals surface area contributed by atoms with E-state index in [9.17, 15) is 41.1 Å². The fourth-order valence-corrected chi connectivity index (χ4v) is 16.1. The third-order valence-electron chi connectivity index (χ3n) is 18.8. The van der Waals surface area contributed by atoms with E-state index in [1.54, 1.807) is 55.9 Å². The maximum atomic E-state index is 16.0. The Balaban J connectivity index is 0.00000110. The third kappa shape index (κ3) is 11.7. The Morgan fingerprint density at radius 3 is 2.07 bits per heavy atom. The summed E-state index contributed by atoms with van der Waals surface area (Å²) in [7, 11) is 3.58. The SMILES string of the molecule is CCN(CC)CC.CC[C@]1(OC(=O)C(F)(F)F)C[C@H](COS(=O)(=O)c2ccc(C)cc2)C[C@](C(=O)OC)(c2cc3c(cc2OC)N(C)[C@H]2C(O)(C(=O)OC)[C@H](OC(C)=O)[C@]4(CC)C=CCN5CCC32[C@@H]54)c2[nH]c3ccccc3c2CCN(C)C1.CO. The molecule has 3 N–H and O–H groups in total. The number of aliphatic hydroxyl groups is 2. The number of nitrogens with zero attached hydrogens (tertiary/aromatic N) is 4. The lowest BCUT2D eigenvalue weighted by molar-refractivity contribution is -0.228. The Bertz CT molecular complexity index is 3240. The molecule has 1 saturated heterocycles. The van der Waals surface area contributed by atoms with E-state index in [1.165, 1.54) is 52.9 Å². The van der Waals surface area contributed by atoms with E-state index in [-0.39, 0.29) is 42.1 Å². The summed E-state index contributed by atoms with van der Waals surface area (Å²) in [6, 6.07) is 15.1. The van der Waals surface area contributed by atoms with Crippen molar-refractivity contribution in [3.8, 4) is 5.75 Å². The Morgan fingerprint density at radius 2 is 1.50 bits per heavy atom. The van der Waals surface area contributed by atoms with Gasteiger partial charge in [-0.1, -0.05) is 82.7 Å². The van der Waals surface area contributed by atoms with Gasteiger partial charge < -0.3 is 53.6 Å². The van der Waals surface area contributed by atoms with Crippen molar-refractivity contribution in [2.24, 2.45) is 11.3 Å². The number of H-pyrrole nitrogens is 1. The molecule has 1 spiro atoms. The van der Waals surface area contributed by atoms with Crippen molar-refractivity contribution in [2.75, 3.05) is 99.9 Å². The molecule has 86 heavy (non-hydrogen) atoms. The second-order valence-corrected chi connectivity index (χ2v) is 24.8. The molecule has 9 atom stereocenters. The molecular weight excluding hydrogens is 1140 g/mol. The molecule has 0 bridgehead atoms. The van der Waals surface area contributed by atoms with Crippen molar-refractivity contribution in [3.63, 3.8) is 0 Å². The van der Waals surface area contributed by atoms with E-state index in [2.05, 4.69) is 35.6 Å². The number of carbonyl (C=O) groups excluding carboxylic acids is 4. The van der Waals surface area contributed by atoms with Gasteiger partial charge in [-0.05, 0) is 120 Å². The number of aromatic nitrogens is 1. The average molecular weight is 1230 g/mol. The van der Waals surface area contributed by atoms with Crippen molar-refractivity contribution in [3.05, 3.63) is 101 Å². The molecule has 23 heteroatoms. The second kappa shape index (κ2) is 26.3. The van der Waals surface area contributed by atoms with Crippen LogP contribution < -0.4 is 9.64 Å². The molecule has 5 aliphatic rings. The number of aliphatic hydroxyl groups excluding tert-OH is 1. The van der Waals surface area contributed by atoms with Crippen LogP contribution >= 0.6 is 0 Å². The number of methoxy groups -OCH3 is 3. The van der Waals surface area contributed by atoms with Crippen LogP contribution in [0.4, 0.5) is 18.9 Å². The molecule has 0 radical (unpaired) electrons. The van der Waals surface area contributed by atoms with E-state index in [0.29, 0.717) is 59.3 Å². The molecule has 9 rings (SSSR count). The minimum atomic E-state index is -5.40. The number of esters is 4. The molecule has 0 amide bonds. The predicted octanol–water partition coefficient (Wildman–Crippen LogP) is 7.39. The molecular formula is C63H86F3N5O14S. The first-order valence-corrected chi connectivity index (χ1v) is 30.8. The van der Waals surface area contributed by atoms with Gasteiger partial charge in [-0.25, -0.2) is 9.59 Å². The fourth-order valence-electron chi connectivity index (χ4n) is 15.1. The van der Waals surface area contributed by atoms with Gasteiger partial charge in [-0.15, -0.1) is 0 Å². The number of para-hydroxylation sites is 1. The standard InChI is InChI=1S/C56H67F3N4O13S.C6H15N.CH4O/c1-10-51(76-50(67)56(57,58)59)29-35(31-74-77(69,70)36-19-17-33(3)18-20-36)30-54(48(65)72-8,44-38(21-25-61(5)32-51)37-15-12-13-16-41(37)60-44)40-27-39-42(28-43(40)71-7)62(6)46-53(39)23-26-63-24-14-22-52(11-2,45(53)63)47(75-34(4)64)55(46,68)49(66)73-9;1-4-7(5-2)6-3;1-2/h12-20,22,27-28,35,45-47,60,68H,10-11,21,23-26,29-32H2,1-9H3;4-6H2,1-3H3;2H,1H3/t35-,45-,46+,47+,51-,52+,53?,54-,55?;;/m0../s1. The summed E-state index contributed by atoms with van der Waals surface area (Å²) < 4.78 is 107. The van der Waals surface area contributed by atoms with Crippen LogP contribution in [0.5, 0.6) is 5.75 Å². The zero-order valence-electron chi connectivity index (χ0n) is 51.8. The van der Waals surface area contributed by atoms with Crippen LogP contribution in [-0.2, 0) is 69.7 Å². The Labute approximate surface area is 503 Å². The molecule has 2 unspecified atom stereocenters. The summed E-state index contributed by atoms with van der Waals surface area (Å²) in [4.78, 5) is 68.4. The number of rotatable bonds is 15. The maximum absolute atomic E-state index is 16.0. The number of carbonyl (C=O) groups is 4.